The Kier molecular flexibility index (Phi) is 20.7. The summed E-state index contributed by atoms with van der Waals surface area (Å²) < 4.78 is 6.30. The molecule has 15 nitrogen and oxygen atoms in total. The zero-order valence-electron chi connectivity index (χ0n) is 49.5. The molecule has 6 aliphatic rings. The second-order valence-electron chi connectivity index (χ2n) is 25.2. The lowest BCUT2D eigenvalue weighted by Crippen LogP contribution is -2.59. The number of aliphatic hydroxyl groups excluding tert-OH is 3. The Balaban J connectivity index is 1.09. The van der Waals surface area contributed by atoms with E-state index in [0.29, 0.717) is 86.0 Å². The highest BCUT2D eigenvalue weighted by atomic mass is 16.5. The number of aliphatic imine (C=N–C) groups is 1. The zero-order valence-corrected chi connectivity index (χ0v) is 49.5. The fraction of sp³-hybridized carbons (Fsp3) is 0.522. The third-order valence-electron chi connectivity index (χ3n) is 19.7. The Bertz CT molecular complexity index is 3070. The van der Waals surface area contributed by atoms with E-state index in [-0.39, 0.29) is 56.3 Å². The summed E-state index contributed by atoms with van der Waals surface area (Å²) in [6.07, 6.45) is 14.0. The van der Waals surface area contributed by atoms with Gasteiger partial charge >= 0.3 is 0 Å². The van der Waals surface area contributed by atoms with Crippen LogP contribution in [0.1, 0.15) is 149 Å². The largest absolute Gasteiger partial charge is 0.508 e. The van der Waals surface area contributed by atoms with Gasteiger partial charge in [-0.05, 0) is 178 Å². The third kappa shape index (κ3) is 14.4. The van der Waals surface area contributed by atoms with Gasteiger partial charge in [0, 0.05) is 49.2 Å². The molecule has 450 valence electrons. The number of carbonyl (C=O) groups is 2. The van der Waals surface area contributed by atoms with Crippen molar-refractivity contribution in [3.05, 3.63) is 159 Å². The number of hydrogen-bond donors (Lipinski definition) is 11. The molecular weight excluding hydrogens is 1050 g/mol. The molecule has 1 amide bonds. The number of nitrogens with one attached hydrogen (secondary N) is 3. The maximum atomic E-state index is 15.3. The smallest absolute Gasteiger partial charge is 0.243 e. The van der Waals surface area contributed by atoms with Crippen LogP contribution >= 0.6 is 0 Å². The monoisotopic (exact) mass is 1150 g/mol. The minimum atomic E-state index is -1.37. The van der Waals surface area contributed by atoms with Gasteiger partial charge in [0.2, 0.25) is 5.91 Å². The third-order valence-corrected chi connectivity index (χ3v) is 19.7. The number of nitrogens with zero attached hydrogens (tertiary/aromatic N) is 1. The number of allylic oxidation sites excluding steroid dienone is 5. The van der Waals surface area contributed by atoms with Crippen LogP contribution in [0.5, 0.6) is 5.75 Å². The number of Topliss-reactive ketones (excluding diaryl/α,β-unsaturated/α-hetero) is 1. The lowest BCUT2D eigenvalue weighted by Gasteiger charge is -2.56. The fourth-order valence-electron chi connectivity index (χ4n) is 15.0. The average Bonchev–Trinajstić information content (AvgIpc) is 1.94. The van der Waals surface area contributed by atoms with Crippen molar-refractivity contribution in [3.63, 3.8) is 0 Å². The van der Waals surface area contributed by atoms with E-state index in [9.17, 15) is 30.3 Å². The quantitative estimate of drug-likeness (QED) is 0.0456. The van der Waals surface area contributed by atoms with Crippen molar-refractivity contribution < 1.29 is 39.9 Å². The molecule has 3 aromatic carbocycles. The Labute approximate surface area is 497 Å². The van der Waals surface area contributed by atoms with Gasteiger partial charge in [-0.1, -0.05) is 121 Å². The lowest BCUT2D eigenvalue weighted by atomic mass is 9.52. The Hall–Kier alpha value is -6.19. The summed E-state index contributed by atoms with van der Waals surface area (Å²) in [5.41, 5.74) is 24.8. The molecule has 12 atom stereocenters. The maximum Gasteiger partial charge on any atom is 0.243 e. The number of phenols is 1. The summed E-state index contributed by atoms with van der Waals surface area (Å²) in [7, 11) is 0. The van der Waals surface area contributed by atoms with E-state index in [1.165, 1.54) is 31.3 Å². The number of nitrogens with two attached hydrogens (primary N) is 3. The number of ether oxygens (including phenoxy) is 1. The van der Waals surface area contributed by atoms with E-state index in [1.54, 1.807) is 24.3 Å². The first-order chi connectivity index (χ1) is 40.3. The number of ketones is 1. The van der Waals surface area contributed by atoms with Gasteiger partial charge in [0.15, 0.2) is 11.7 Å². The molecule has 0 aromatic heterocycles. The highest BCUT2D eigenvalue weighted by molar-refractivity contribution is 5.98. The number of aromatic hydroxyl groups is 1. The molecule has 1 spiro atoms. The van der Waals surface area contributed by atoms with Gasteiger partial charge in [-0.2, -0.15) is 0 Å². The molecule has 84 heavy (non-hydrogen) atoms. The summed E-state index contributed by atoms with van der Waals surface area (Å²) >= 11 is 0. The minimum Gasteiger partial charge on any atom is -0.508 e. The Morgan fingerprint density at radius 3 is 2.46 bits per heavy atom. The normalized spacial score (nSPS) is 32.6. The van der Waals surface area contributed by atoms with E-state index in [0.717, 1.165) is 46.4 Å². The summed E-state index contributed by atoms with van der Waals surface area (Å²) in [5.74, 6) is 4.61. The number of aliphatic hydroxyl groups is 4. The van der Waals surface area contributed by atoms with Gasteiger partial charge in [0.25, 0.3) is 0 Å². The van der Waals surface area contributed by atoms with Crippen LogP contribution in [0.15, 0.2) is 130 Å². The predicted molar refractivity (Wildman–Crippen MR) is 330 cm³/mol. The van der Waals surface area contributed by atoms with Gasteiger partial charge in [-0.25, -0.2) is 0 Å². The zero-order chi connectivity index (χ0) is 59.7. The first-order valence-corrected chi connectivity index (χ1v) is 30.6. The van der Waals surface area contributed by atoms with Crippen molar-refractivity contribution in [1.29, 1.82) is 0 Å². The number of benzene rings is 3. The van der Waals surface area contributed by atoms with Crippen molar-refractivity contribution >= 4 is 17.6 Å². The van der Waals surface area contributed by atoms with Gasteiger partial charge in [-0.15, -0.1) is 0 Å². The number of hydrogen-bond acceptors (Lipinski definition) is 12. The van der Waals surface area contributed by atoms with Crippen LogP contribution in [0, 0.1) is 40.9 Å². The van der Waals surface area contributed by atoms with Crippen LogP contribution in [-0.4, -0.2) is 106 Å². The molecule has 0 radical (unpaired) electrons. The average molecular weight is 1150 g/mol. The maximum absolute atomic E-state index is 15.3. The Morgan fingerprint density at radius 1 is 0.952 bits per heavy atom. The summed E-state index contributed by atoms with van der Waals surface area (Å²) in [6, 6.07) is 19.3. The van der Waals surface area contributed by atoms with Crippen molar-refractivity contribution in [2.45, 2.75) is 165 Å². The van der Waals surface area contributed by atoms with Gasteiger partial charge < -0.3 is 58.1 Å². The molecule has 3 aliphatic carbocycles. The van der Waals surface area contributed by atoms with Crippen LogP contribution in [0.25, 0.3) is 0 Å². The molecule has 3 saturated carbocycles. The highest BCUT2D eigenvalue weighted by Gasteiger charge is 2.64. The first-order valence-electron chi connectivity index (χ1n) is 30.6. The van der Waals surface area contributed by atoms with Gasteiger partial charge in [0.05, 0.1) is 30.5 Å². The second kappa shape index (κ2) is 27.9. The molecular formula is C69H91N7O8. The van der Waals surface area contributed by atoms with Crippen LogP contribution in [0.3, 0.4) is 0 Å². The van der Waals surface area contributed by atoms with Crippen LogP contribution < -0.4 is 33.2 Å². The van der Waals surface area contributed by atoms with Crippen molar-refractivity contribution in [3.8, 4) is 17.6 Å². The molecule has 2 bridgehead atoms. The van der Waals surface area contributed by atoms with Gasteiger partial charge in [-0.3, -0.25) is 19.9 Å². The number of β-amino-alcohol motifs (C(OH)–C–C–N with tert-alkyl or cyclic N) is 1. The summed E-state index contributed by atoms with van der Waals surface area (Å²) in [4.78, 5) is 33.9. The number of carbonyl (C=O) groups excluding carboxylic acids is 2. The second-order valence-corrected chi connectivity index (χ2v) is 25.2. The van der Waals surface area contributed by atoms with Gasteiger partial charge in [0.1, 0.15) is 24.6 Å². The first kappa shape index (κ1) is 62.3. The van der Waals surface area contributed by atoms with Crippen molar-refractivity contribution in [2.75, 3.05) is 32.8 Å². The van der Waals surface area contributed by atoms with E-state index in [4.69, 9.17) is 21.9 Å². The molecule has 14 N–H and O–H groups in total. The SMILES string of the molecule is C=C1/C=C/C=C(\[C@H]2CC[C@@]3([C@@H]4CC[C@H](O)Cc5cccc(c5)C[C@H]([C@H](CN=C(N)N)c5ccc(O)cc5)[C@H](O)CN[C@H]5C(=O)N[C@@H](N)c6cccc(c65)CC(=O)C(C)=C4CC[C@@]3(C)O)[C@@H]2O)COCC#CC/C(C)=C/C[C@@H]1NCC1CCCC1. The Morgan fingerprint density at radius 2 is 1.70 bits per heavy atom. The van der Waals surface area contributed by atoms with Crippen molar-refractivity contribution in [2.24, 2.45) is 51.3 Å². The summed E-state index contributed by atoms with van der Waals surface area (Å²) in [5, 5.41) is 71.5. The molecule has 3 aromatic rings. The molecule has 15 heteroatoms. The number of fused-ring (bicyclic) bond motifs is 4. The predicted octanol–water partition coefficient (Wildman–Crippen LogP) is 7.38. The van der Waals surface area contributed by atoms with Crippen LogP contribution in [0.4, 0.5) is 0 Å². The molecule has 0 unspecified atom stereocenters. The van der Waals surface area contributed by atoms with Crippen molar-refractivity contribution in [1.82, 2.24) is 16.0 Å². The number of phenolic OH excluding ortho intramolecular Hbond substituents is 1. The highest BCUT2D eigenvalue weighted by Crippen LogP contribution is 2.63. The molecule has 3 fully saturated rings. The molecule has 3 heterocycles. The topological polar surface area (TPSA) is 271 Å². The van der Waals surface area contributed by atoms with E-state index < -0.39 is 71.1 Å². The minimum absolute atomic E-state index is 0.0460. The van der Waals surface area contributed by atoms with Crippen LogP contribution in [-0.2, 0) is 33.6 Å². The lowest BCUT2D eigenvalue weighted by molar-refractivity contribution is -0.168. The number of guanidine groups is 1. The molecule has 0 saturated heterocycles. The van der Waals surface area contributed by atoms with E-state index in [1.807, 2.05) is 68.5 Å². The van der Waals surface area contributed by atoms with Crippen LogP contribution in [0.2, 0.25) is 0 Å². The number of amides is 1. The van der Waals surface area contributed by atoms with E-state index in [2.05, 4.69) is 58.4 Å². The summed E-state index contributed by atoms with van der Waals surface area (Å²) in [6.45, 7) is 11.8. The molecule has 3 aliphatic heterocycles. The number of rotatable bonds is 8. The standard InChI is InChI=1S/C69H91N7O8/c1-42-12-7-8-33-84-41-50(19-9-13-43(2)59(28-21-42)73-38-45-14-5-6-15-45)54-30-32-69(64(54)81)58-27-26-52(78)35-46-16-10-17-47(34-46)36-56(57(39-75-67(71)72)48-22-24-51(77)25-23-48)61(80)40-74-63-62-49(18-11-20-55(62)65(70)76-66(63)82)37-60(79)44(3)53(58)29-31-68(69,4)83/h9-11,13,16-25,34,45,52,54,56-59,61,63-65,73-74,77-78,80-81,83H,2,5-6,12,14-15,26-33,35-41,70H2,1,3-4H3,(H,76,82)(H4,71,72,75)/b13-9+,42-21+,50-19-,53-44?/t52-,54+,56+,57+,58+,59-,61+,63+,64+,65+,68+,69+/m0/s1. The molecule has 9 rings (SSSR count). The fourth-order valence-corrected chi connectivity index (χ4v) is 15.0. The van der Waals surface area contributed by atoms with E-state index >= 15 is 4.79 Å².